The van der Waals surface area contributed by atoms with E-state index in [-0.39, 0.29) is 28.5 Å². The van der Waals surface area contributed by atoms with Gasteiger partial charge in [0, 0.05) is 27.3 Å². The lowest BCUT2D eigenvalue weighted by atomic mass is 9.43. The summed E-state index contributed by atoms with van der Waals surface area (Å²) in [5, 5.41) is 5.32. The summed E-state index contributed by atoms with van der Waals surface area (Å²) in [6.45, 7) is 31.4. The van der Waals surface area contributed by atoms with Gasteiger partial charge in [0.15, 0.2) is 0 Å². The molecule has 0 bridgehead atoms. The van der Waals surface area contributed by atoms with E-state index in [4.69, 9.17) is 0 Å². The Balaban J connectivity index is 1.26. The molecule has 7 aromatic carbocycles. The lowest BCUT2D eigenvalue weighted by Crippen LogP contribution is -2.61. The third-order valence-electron chi connectivity index (χ3n) is 17.9. The van der Waals surface area contributed by atoms with Crippen LogP contribution in [0.4, 0.5) is 27.8 Å². The molecule has 0 amide bonds. The molecular weight excluding hydrogens is 864 g/mol. The summed E-state index contributed by atoms with van der Waals surface area (Å²) >= 11 is 2.04. The van der Waals surface area contributed by atoms with Crippen LogP contribution in [0.3, 0.4) is 0 Å². The largest absolute Gasteiger partial charge is 0.376 e. The van der Waals surface area contributed by atoms with Crippen LogP contribution in [0.25, 0.3) is 43.1 Å². The highest BCUT2D eigenvalue weighted by molar-refractivity contribution is 7.26. The molecule has 2 aliphatic heterocycles. The topological polar surface area (TPSA) is 6.48 Å². The van der Waals surface area contributed by atoms with E-state index < -0.39 is 0 Å². The van der Waals surface area contributed by atoms with Crippen LogP contribution in [0.1, 0.15) is 151 Å². The molecule has 0 unspecified atom stereocenters. The Morgan fingerprint density at radius 3 is 1.76 bits per heavy atom. The number of fused-ring (bicyclic) bond motifs is 9. The van der Waals surface area contributed by atoms with Crippen molar-refractivity contribution in [3.05, 3.63) is 159 Å². The van der Waals surface area contributed by atoms with Gasteiger partial charge >= 0.3 is 6.85 Å². The second-order valence-corrected chi connectivity index (χ2v) is 25.8. The smallest absolute Gasteiger partial charge is 0.334 e. The van der Waals surface area contributed by atoms with Crippen molar-refractivity contribution in [2.24, 2.45) is 0 Å². The third-order valence-corrected chi connectivity index (χ3v) is 19.1. The van der Waals surface area contributed by atoms with E-state index >= 15 is 0 Å². The number of thiophene rings is 1. The number of hydrogen-bond donors (Lipinski definition) is 0. The molecular formula is C66H71BN2S. The highest BCUT2D eigenvalue weighted by Crippen LogP contribution is 2.56. The van der Waals surface area contributed by atoms with Crippen LogP contribution in [-0.4, -0.2) is 6.85 Å². The van der Waals surface area contributed by atoms with Gasteiger partial charge in [0.2, 0.25) is 0 Å². The maximum Gasteiger partial charge on any atom is 0.334 e. The van der Waals surface area contributed by atoms with Gasteiger partial charge in [0.1, 0.15) is 0 Å². The highest BCUT2D eigenvalue weighted by Gasteiger charge is 2.49. The molecule has 0 saturated carbocycles. The van der Waals surface area contributed by atoms with E-state index in [1.54, 1.807) is 0 Å². The number of rotatable bonds is 6. The molecule has 0 spiro atoms. The zero-order valence-electron chi connectivity index (χ0n) is 44.2. The van der Waals surface area contributed by atoms with Crippen molar-refractivity contribution in [2.75, 3.05) is 9.71 Å². The first-order valence-corrected chi connectivity index (χ1v) is 27.3. The van der Waals surface area contributed by atoms with Gasteiger partial charge in [-0.1, -0.05) is 129 Å². The molecule has 4 heteroatoms. The lowest BCUT2D eigenvalue weighted by Gasteiger charge is -2.46. The second kappa shape index (κ2) is 15.7. The van der Waals surface area contributed by atoms with Crippen molar-refractivity contribution in [1.29, 1.82) is 0 Å². The van der Waals surface area contributed by atoms with Crippen molar-refractivity contribution in [3.8, 4) is 22.3 Å². The summed E-state index contributed by atoms with van der Waals surface area (Å²) in [7, 11) is 0. The Morgan fingerprint density at radius 2 is 1.13 bits per heavy atom. The fraction of sp³-hybridized carbons (Fsp3) is 0.364. The fourth-order valence-electron chi connectivity index (χ4n) is 13.7. The van der Waals surface area contributed by atoms with E-state index in [0.29, 0.717) is 0 Å². The van der Waals surface area contributed by atoms with E-state index in [9.17, 15) is 0 Å². The minimum absolute atomic E-state index is 0.0579. The van der Waals surface area contributed by atoms with E-state index in [1.807, 2.05) is 11.3 Å². The van der Waals surface area contributed by atoms with Crippen molar-refractivity contribution in [3.63, 3.8) is 0 Å². The molecule has 1 aromatic heterocycles. The number of unbranched alkanes of at least 4 members (excludes halogenated alkanes) is 1. The van der Waals surface area contributed by atoms with Crippen molar-refractivity contribution in [2.45, 2.75) is 157 Å². The van der Waals surface area contributed by atoms with Crippen LogP contribution in [0.2, 0.25) is 0 Å². The number of aryl methyl sites for hydroxylation is 5. The molecule has 70 heavy (non-hydrogen) atoms. The zero-order valence-corrected chi connectivity index (χ0v) is 45.0. The van der Waals surface area contributed by atoms with Crippen molar-refractivity contribution >= 4 is 77.7 Å². The van der Waals surface area contributed by atoms with E-state index in [2.05, 4.69) is 209 Å². The molecule has 0 fully saturated rings. The van der Waals surface area contributed by atoms with Gasteiger partial charge < -0.3 is 9.71 Å². The number of hydrogen-bond acceptors (Lipinski definition) is 3. The SMILES string of the molecule is CCCCc1ccc(N2B3c4c(cc(-c5c(C)cc(C)cc5C)cc4N(c4cc5c(cc4C)C(C)(C)CCC5(C)C)c4sc5cc6c(cc5c43)C(C)(C)CCC6(C)C)-c3cc4ccccc4cc32)cc1. The Hall–Kier alpha value is -5.58. The average Bonchev–Trinajstić information content (AvgIpc) is 3.69. The Kier molecular flexibility index (Phi) is 10.2. The van der Waals surface area contributed by atoms with E-state index in [0.717, 1.165) is 6.42 Å². The second-order valence-electron chi connectivity index (χ2n) is 24.8. The maximum absolute atomic E-state index is 2.78. The molecule has 8 aromatic rings. The molecule has 12 rings (SSSR count). The summed E-state index contributed by atoms with van der Waals surface area (Å²) < 4.78 is 1.40. The molecule has 4 aliphatic rings. The first kappa shape index (κ1) is 45.6. The quantitative estimate of drug-likeness (QED) is 0.153. The van der Waals surface area contributed by atoms with Gasteiger partial charge in [-0.3, -0.25) is 0 Å². The van der Waals surface area contributed by atoms with E-state index in [1.165, 1.54) is 170 Å². The molecule has 0 radical (unpaired) electrons. The Labute approximate surface area is 423 Å². The minimum Gasteiger partial charge on any atom is -0.376 e. The predicted molar refractivity (Wildman–Crippen MR) is 307 cm³/mol. The summed E-state index contributed by atoms with van der Waals surface area (Å²) in [5.41, 5.74) is 26.4. The molecule has 3 heterocycles. The summed E-state index contributed by atoms with van der Waals surface area (Å²) in [6, 6.07) is 44.3. The monoisotopic (exact) mass is 935 g/mol. The number of nitrogens with zero attached hydrogens (tertiary/aromatic N) is 2. The molecule has 2 nitrogen and oxygen atoms in total. The normalized spacial score (nSPS) is 17.8. The highest BCUT2D eigenvalue weighted by atomic mass is 32.1. The van der Waals surface area contributed by atoms with Crippen molar-refractivity contribution in [1.82, 2.24) is 0 Å². The molecule has 0 atom stereocenters. The van der Waals surface area contributed by atoms with Crippen LogP contribution in [0.15, 0.2) is 109 Å². The van der Waals surface area contributed by atoms with Crippen LogP contribution in [0.5, 0.6) is 0 Å². The Bertz CT molecular complexity index is 3470. The summed E-state index contributed by atoms with van der Waals surface area (Å²) in [6.07, 6.45) is 8.26. The van der Waals surface area contributed by atoms with Crippen LogP contribution in [-0.2, 0) is 28.1 Å². The van der Waals surface area contributed by atoms with Gasteiger partial charge in [-0.25, -0.2) is 0 Å². The molecule has 354 valence electrons. The summed E-state index contributed by atoms with van der Waals surface area (Å²) in [4.78, 5) is 5.54. The van der Waals surface area contributed by atoms with Crippen LogP contribution < -0.4 is 20.6 Å². The van der Waals surface area contributed by atoms with Crippen molar-refractivity contribution < 1.29 is 0 Å². The predicted octanol–water partition coefficient (Wildman–Crippen LogP) is 17.7. The first-order valence-electron chi connectivity index (χ1n) is 26.5. The summed E-state index contributed by atoms with van der Waals surface area (Å²) in [5.74, 6) is 0. The lowest BCUT2D eigenvalue weighted by molar-refractivity contribution is 0.332. The van der Waals surface area contributed by atoms with Gasteiger partial charge in [-0.2, -0.15) is 0 Å². The number of anilines is 5. The molecule has 0 saturated heterocycles. The standard InChI is InChI=1S/C66H71BN2S/c1-14-15-18-43-21-23-47(24-22-43)69-56-34-45-20-17-16-19-44(45)32-48(56)49-33-46(59-41(4)29-39(2)30-42(59)5)35-57-60(49)67(69)61-50-36-52-54(66(12,13)28-26-64(52,8)9)38-58(50)70-62(61)68(57)55-37-53-51(31-40(55)3)63(6,7)25-27-65(53,10)11/h16-17,19-24,29-38H,14-15,18,25-28H2,1-13H3. The van der Waals surface area contributed by atoms with Crippen LogP contribution >= 0.6 is 11.3 Å². The molecule has 0 N–H and O–H groups in total. The maximum atomic E-state index is 2.78. The average molecular weight is 935 g/mol. The van der Waals surface area contributed by atoms with Gasteiger partial charge in [0.05, 0.1) is 10.7 Å². The zero-order chi connectivity index (χ0) is 49.0. The molecule has 2 aliphatic carbocycles. The van der Waals surface area contributed by atoms with Gasteiger partial charge in [0.25, 0.3) is 0 Å². The van der Waals surface area contributed by atoms with Gasteiger partial charge in [-0.15, -0.1) is 11.3 Å². The first-order chi connectivity index (χ1) is 33.3. The Morgan fingerprint density at radius 1 is 0.543 bits per heavy atom. The van der Waals surface area contributed by atoms with Crippen LogP contribution in [0, 0.1) is 27.7 Å². The number of benzene rings is 7. The third kappa shape index (κ3) is 6.85. The minimum atomic E-state index is -0.0690. The van der Waals surface area contributed by atoms with Gasteiger partial charge in [-0.05, 0) is 231 Å². The fourth-order valence-corrected chi connectivity index (χ4v) is 15.0.